The molecule has 0 spiro atoms. The Labute approximate surface area is 103 Å². The van der Waals surface area contributed by atoms with Crippen molar-refractivity contribution in [3.63, 3.8) is 0 Å². The van der Waals surface area contributed by atoms with E-state index in [1.54, 1.807) is 0 Å². The van der Waals surface area contributed by atoms with E-state index >= 15 is 0 Å². The molecule has 0 aliphatic carbocycles. The van der Waals surface area contributed by atoms with Crippen LogP contribution in [0.1, 0.15) is 19.4 Å². The number of amides is 1. The Balaban J connectivity index is 0.00000225. The van der Waals surface area contributed by atoms with Gasteiger partial charge in [0.25, 0.3) is 0 Å². The van der Waals surface area contributed by atoms with E-state index in [0.717, 1.165) is 12.2 Å². The number of hydrogen-bond donors (Lipinski definition) is 2. The molecule has 0 fully saturated rings. The van der Waals surface area contributed by atoms with Crippen molar-refractivity contribution in [1.82, 2.24) is 5.32 Å². The maximum Gasteiger partial charge on any atom is 0.226 e. The second-order valence-corrected chi connectivity index (χ2v) is 3.87. The number of hydrogen-bond acceptors (Lipinski definition) is 2. The monoisotopic (exact) mass is 242 g/mol. The van der Waals surface area contributed by atoms with Crippen LogP contribution in [0.15, 0.2) is 24.3 Å². The van der Waals surface area contributed by atoms with Crippen LogP contribution >= 0.6 is 12.4 Å². The molecule has 0 unspecified atom stereocenters. The summed E-state index contributed by atoms with van der Waals surface area (Å²) in [5.74, 6) is 0.0679. The van der Waals surface area contributed by atoms with E-state index in [2.05, 4.69) is 10.6 Å². The van der Waals surface area contributed by atoms with Gasteiger partial charge >= 0.3 is 0 Å². The van der Waals surface area contributed by atoms with Crippen molar-refractivity contribution < 1.29 is 4.79 Å². The van der Waals surface area contributed by atoms with Crippen molar-refractivity contribution in [3.8, 4) is 0 Å². The molecule has 90 valence electrons. The van der Waals surface area contributed by atoms with Crippen LogP contribution in [0.5, 0.6) is 0 Å². The third-order valence-corrected chi connectivity index (χ3v) is 2.13. The fraction of sp³-hybridized carbons (Fsp3) is 0.417. The van der Waals surface area contributed by atoms with Gasteiger partial charge in [0.05, 0.1) is 0 Å². The number of halogens is 1. The molecule has 0 aromatic heterocycles. The quantitative estimate of drug-likeness (QED) is 0.852. The first kappa shape index (κ1) is 14.9. The second kappa shape index (κ2) is 7.25. The number of carbonyl (C=O) groups is 1. The van der Waals surface area contributed by atoms with E-state index < -0.39 is 0 Å². The summed E-state index contributed by atoms with van der Waals surface area (Å²) in [6, 6.07) is 7.86. The molecule has 1 rings (SSSR count). The van der Waals surface area contributed by atoms with Crippen LogP contribution in [0, 0.1) is 5.92 Å². The Hall–Kier alpha value is -1.06. The molecule has 16 heavy (non-hydrogen) atoms. The molecule has 4 heteroatoms. The van der Waals surface area contributed by atoms with Crippen LogP contribution in [0.25, 0.3) is 0 Å². The Morgan fingerprint density at radius 2 is 1.81 bits per heavy atom. The molecule has 3 nitrogen and oxygen atoms in total. The molecule has 0 aliphatic heterocycles. The number of rotatable bonds is 4. The van der Waals surface area contributed by atoms with Gasteiger partial charge < -0.3 is 10.6 Å². The summed E-state index contributed by atoms with van der Waals surface area (Å²) in [7, 11) is 1.91. The van der Waals surface area contributed by atoms with E-state index in [-0.39, 0.29) is 24.2 Å². The van der Waals surface area contributed by atoms with E-state index in [1.165, 1.54) is 5.56 Å². The number of anilines is 1. The van der Waals surface area contributed by atoms with Gasteiger partial charge in [-0.25, -0.2) is 0 Å². The van der Waals surface area contributed by atoms with Crippen molar-refractivity contribution in [2.45, 2.75) is 20.4 Å². The highest BCUT2D eigenvalue weighted by atomic mass is 35.5. The normalized spacial score (nSPS) is 9.75. The van der Waals surface area contributed by atoms with Crippen LogP contribution in [-0.2, 0) is 11.3 Å². The van der Waals surface area contributed by atoms with Crippen molar-refractivity contribution in [2.24, 2.45) is 5.92 Å². The Morgan fingerprint density at radius 3 is 2.25 bits per heavy atom. The van der Waals surface area contributed by atoms with E-state index in [0.29, 0.717) is 0 Å². The van der Waals surface area contributed by atoms with Gasteiger partial charge in [0.1, 0.15) is 0 Å². The van der Waals surface area contributed by atoms with Crippen LogP contribution in [0.3, 0.4) is 0 Å². The lowest BCUT2D eigenvalue weighted by atomic mass is 10.1. The fourth-order valence-corrected chi connectivity index (χ4v) is 1.20. The highest BCUT2D eigenvalue weighted by molar-refractivity contribution is 5.92. The summed E-state index contributed by atoms with van der Waals surface area (Å²) in [5.41, 5.74) is 2.06. The number of carbonyl (C=O) groups excluding carboxylic acids is 1. The first-order valence-electron chi connectivity index (χ1n) is 5.18. The van der Waals surface area contributed by atoms with E-state index in [9.17, 15) is 4.79 Å². The minimum absolute atomic E-state index is 0. The third kappa shape index (κ3) is 4.64. The van der Waals surface area contributed by atoms with Crippen molar-refractivity contribution in [1.29, 1.82) is 0 Å². The van der Waals surface area contributed by atoms with Crippen LogP contribution in [0.4, 0.5) is 5.69 Å². The molecule has 0 atom stereocenters. The molecule has 0 saturated carbocycles. The third-order valence-electron chi connectivity index (χ3n) is 2.13. The molecule has 0 heterocycles. The van der Waals surface area contributed by atoms with Crippen LogP contribution in [-0.4, -0.2) is 13.0 Å². The van der Waals surface area contributed by atoms with Gasteiger partial charge in [-0.3, -0.25) is 4.79 Å². The van der Waals surface area contributed by atoms with Gasteiger partial charge in [-0.2, -0.15) is 0 Å². The van der Waals surface area contributed by atoms with Gasteiger partial charge in [-0.15, -0.1) is 12.4 Å². The zero-order valence-electron chi connectivity index (χ0n) is 9.91. The molecular formula is C12H19ClN2O. The van der Waals surface area contributed by atoms with E-state index in [4.69, 9.17) is 0 Å². The minimum atomic E-state index is 0. The fourth-order valence-electron chi connectivity index (χ4n) is 1.20. The summed E-state index contributed by atoms with van der Waals surface area (Å²) in [6.45, 7) is 4.60. The maximum atomic E-state index is 11.4. The molecule has 2 N–H and O–H groups in total. The number of benzene rings is 1. The second-order valence-electron chi connectivity index (χ2n) is 3.87. The lowest BCUT2D eigenvalue weighted by molar-refractivity contribution is -0.118. The molecule has 1 aromatic carbocycles. The SMILES string of the molecule is CNCc1ccc(NC(=O)C(C)C)cc1.Cl. The van der Waals surface area contributed by atoms with Gasteiger partial charge in [-0.1, -0.05) is 26.0 Å². The smallest absolute Gasteiger partial charge is 0.226 e. The lowest BCUT2D eigenvalue weighted by Gasteiger charge is -2.08. The van der Waals surface area contributed by atoms with Gasteiger partial charge in [-0.05, 0) is 24.7 Å². The molecule has 0 bridgehead atoms. The van der Waals surface area contributed by atoms with E-state index in [1.807, 2.05) is 45.2 Å². The average molecular weight is 243 g/mol. The first-order chi connectivity index (χ1) is 7.13. The summed E-state index contributed by atoms with van der Waals surface area (Å²) >= 11 is 0. The standard InChI is InChI=1S/C12H18N2O.ClH/c1-9(2)12(15)14-11-6-4-10(5-7-11)8-13-3;/h4-7,9,13H,8H2,1-3H3,(H,14,15);1H. The van der Waals surface area contributed by atoms with Crippen molar-refractivity contribution >= 4 is 24.0 Å². The zero-order chi connectivity index (χ0) is 11.3. The summed E-state index contributed by atoms with van der Waals surface area (Å²) in [5, 5.41) is 5.93. The topological polar surface area (TPSA) is 41.1 Å². The predicted molar refractivity (Wildman–Crippen MR) is 69.9 cm³/mol. The largest absolute Gasteiger partial charge is 0.326 e. The number of nitrogens with one attached hydrogen (secondary N) is 2. The molecule has 0 radical (unpaired) electrons. The molecule has 1 amide bonds. The highest BCUT2D eigenvalue weighted by Crippen LogP contribution is 2.10. The average Bonchev–Trinajstić information content (AvgIpc) is 2.21. The van der Waals surface area contributed by atoms with Gasteiger partial charge in [0, 0.05) is 18.2 Å². The Morgan fingerprint density at radius 1 is 1.25 bits per heavy atom. The molecule has 0 aliphatic rings. The molecular weight excluding hydrogens is 224 g/mol. The van der Waals surface area contributed by atoms with Gasteiger partial charge in [0.2, 0.25) is 5.91 Å². The maximum absolute atomic E-state index is 11.4. The van der Waals surface area contributed by atoms with Crippen molar-refractivity contribution in [2.75, 3.05) is 12.4 Å². The first-order valence-corrected chi connectivity index (χ1v) is 5.18. The predicted octanol–water partition coefficient (Wildman–Crippen LogP) is 2.42. The minimum Gasteiger partial charge on any atom is -0.326 e. The lowest BCUT2D eigenvalue weighted by Crippen LogP contribution is -2.17. The summed E-state index contributed by atoms with van der Waals surface area (Å²) in [4.78, 5) is 11.4. The summed E-state index contributed by atoms with van der Waals surface area (Å²) in [6.07, 6.45) is 0. The van der Waals surface area contributed by atoms with Crippen molar-refractivity contribution in [3.05, 3.63) is 29.8 Å². The zero-order valence-corrected chi connectivity index (χ0v) is 10.7. The van der Waals surface area contributed by atoms with Gasteiger partial charge in [0.15, 0.2) is 0 Å². The summed E-state index contributed by atoms with van der Waals surface area (Å²) < 4.78 is 0. The Kier molecular flexibility index (Phi) is 6.77. The van der Waals surface area contributed by atoms with Crippen LogP contribution in [0.2, 0.25) is 0 Å². The molecule has 0 saturated heterocycles. The molecule has 1 aromatic rings. The highest BCUT2D eigenvalue weighted by Gasteiger charge is 2.06. The van der Waals surface area contributed by atoms with Crippen LogP contribution < -0.4 is 10.6 Å². The Bertz CT molecular complexity index is 322.